The molecule has 0 aliphatic rings. The predicted octanol–water partition coefficient (Wildman–Crippen LogP) is 1.10. The van der Waals surface area contributed by atoms with Gasteiger partial charge in [-0.05, 0) is 29.5 Å². The van der Waals surface area contributed by atoms with E-state index in [4.69, 9.17) is 5.73 Å². The van der Waals surface area contributed by atoms with Crippen molar-refractivity contribution in [2.24, 2.45) is 12.8 Å². The largest absolute Gasteiger partial charge is 0.346 e. The van der Waals surface area contributed by atoms with E-state index < -0.39 is 0 Å². The van der Waals surface area contributed by atoms with Crippen LogP contribution < -0.4 is 11.4 Å². The molecule has 0 bridgehead atoms. The third-order valence-corrected chi connectivity index (χ3v) is 4.67. The molecule has 0 saturated heterocycles. The van der Waals surface area contributed by atoms with Gasteiger partial charge in [0, 0.05) is 18.5 Å². The standard InChI is InChI=1S/C17H17FN6OS/c1-22-11-20-8-14(22)2-3-15-4-5-16(26-15)10-23-12-21-24(17(23)25)9-13(6-18)7-19/h4-6,8,11-12H,7,9-10,19H2,1H3/b13-6+. The molecule has 0 atom stereocenters. The minimum absolute atomic E-state index is 0.0411. The van der Waals surface area contributed by atoms with E-state index in [1.807, 2.05) is 23.7 Å². The molecule has 3 aromatic heterocycles. The van der Waals surface area contributed by atoms with Crippen LogP contribution in [0.4, 0.5) is 4.39 Å². The molecule has 2 N–H and O–H groups in total. The predicted molar refractivity (Wildman–Crippen MR) is 97.3 cm³/mol. The van der Waals surface area contributed by atoms with Crippen molar-refractivity contribution in [1.29, 1.82) is 0 Å². The molecule has 0 radical (unpaired) electrons. The first-order chi connectivity index (χ1) is 12.6. The fourth-order valence-corrected chi connectivity index (χ4v) is 3.09. The number of halogens is 1. The van der Waals surface area contributed by atoms with Gasteiger partial charge < -0.3 is 10.3 Å². The van der Waals surface area contributed by atoms with Crippen LogP contribution in [0.15, 0.2) is 47.7 Å². The van der Waals surface area contributed by atoms with Crippen LogP contribution in [0.1, 0.15) is 15.4 Å². The summed E-state index contributed by atoms with van der Waals surface area (Å²) in [5, 5.41) is 4.01. The maximum atomic E-state index is 12.6. The molecule has 0 aromatic carbocycles. The quantitative estimate of drug-likeness (QED) is 0.680. The van der Waals surface area contributed by atoms with Gasteiger partial charge in [-0.15, -0.1) is 11.3 Å². The summed E-state index contributed by atoms with van der Waals surface area (Å²) in [4.78, 5) is 18.2. The van der Waals surface area contributed by atoms with E-state index in [2.05, 4.69) is 21.9 Å². The van der Waals surface area contributed by atoms with Crippen LogP contribution in [-0.2, 0) is 20.1 Å². The molecule has 9 heteroatoms. The molecule has 3 rings (SSSR count). The van der Waals surface area contributed by atoms with Crippen LogP contribution >= 0.6 is 11.3 Å². The lowest BCUT2D eigenvalue weighted by molar-refractivity contribution is 0.604. The van der Waals surface area contributed by atoms with Crippen LogP contribution in [0.5, 0.6) is 0 Å². The van der Waals surface area contributed by atoms with Gasteiger partial charge in [-0.3, -0.25) is 4.57 Å². The number of hydrogen-bond acceptors (Lipinski definition) is 5. The zero-order valence-electron chi connectivity index (χ0n) is 14.1. The van der Waals surface area contributed by atoms with E-state index in [0.717, 1.165) is 15.4 Å². The van der Waals surface area contributed by atoms with Crippen LogP contribution in [0.2, 0.25) is 0 Å². The number of nitrogens with zero attached hydrogens (tertiary/aromatic N) is 5. The summed E-state index contributed by atoms with van der Waals surface area (Å²) in [5.41, 5.74) is 6.24. The van der Waals surface area contributed by atoms with Gasteiger partial charge >= 0.3 is 5.69 Å². The summed E-state index contributed by atoms with van der Waals surface area (Å²) in [6.45, 7) is 0.471. The Bertz CT molecular complexity index is 1050. The molecule has 0 amide bonds. The van der Waals surface area contributed by atoms with Crippen LogP contribution in [0.3, 0.4) is 0 Å². The monoisotopic (exact) mass is 372 g/mol. The smallest absolute Gasteiger partial charge is 0.327 e. The van der Waals surface area contributed by atoms with Crippen LogP contribution in [-0.4, -0.2) is 30.4 Å². The van der Waals surface area contributed by atoms with Gasteiger partial charge in [0.05, 0.1) is 36.8 Å². The average molecular weight is 372 g/mol. The first-order valence-corrected chi connectivity index (χ1v) is 8.60. The highest BCUT2D eigenvalue weighted by atomic mass is 32.1. The zero-order valence-corrected chi connectivity index (χ0v) is 14.9. The fraction of sp³-hybridized carbons (Fsp3) is 0.235. The number of nitrogens with two attached hydrogens (primary N) is 1. The molecule has 3 aromatic rings. The van der Waals surface area contributed by atoms with Crippen molar-refractivity contribution in [3.8, 4) is 11.8 Å². The molecular formula is C17H17FN6OS. The van der Waals surface area contributed by atoms with E-state index >= 15 is 0 Å². The maximum Gasteiger partial charge on any atom is 0.346 e. The van der Waals surface area contributed by atoms with E-state index in [-0.39, 0.29) is 18.8 Å². The van der Waals surface area contributed by atoms with E-state index in [0.29, 0.717) is 18.4 Å². The first kappa shape index (κ1) is 17.8. The number of aromatic nitrogens is 5. The van der Waals surface area contributed by atoms with Crippen LogP contribution in [0.25, 0.3) is 0 Å². The van der Waals surface area contributed by atoms with Gasteiger partial charge in [0.2, 0.25) is 0 Å². The van der Waals surface area contributed by atoms with Gasteiger partial charge in [0.25, 0.3) is 0 Å². The molecule has 0 aliphatic heterocycles. The van der Waals surface area contributed by atoms with Crippen molar-refractivity contribution in [3.63, 3.8) is 0 Å². The minimum atomic E-state index is -0.311. The van der Waals surface area contributed by atoms with Gasteiger partial charge in [0.15, 0.2) is 0 Å². The summed E-state index contributed by atoms with van der Waals surface area (Å²) in [6.07, 6.45) is 5.26. The summed E-state index contributed by atoms with van der Waals surface area (Å²) in [6, 6.07) is 3.84. The summed E-state index contributed by atoms with van der Waals surface area (Å²) in [5.74, 6) is 6.15. The Morgan fingerprint density at radius 1 is 1.38 bits per heavy atom. The maximum absolute atomic E-state index is 12.6. The highest BCUT2D eigenvalue weighted by molar-refractivity contribution is 7.12. The van der Waals surface area contributed by atoms with Gasteiger partial charge in [0.1, 0.15) is 12.0 Å². The SMILES string of the molecule is Cn1cncc1C#Cc1ccc(Cn2cnn(C/C(=C/F)CN)c2=O)s1. The lowest BCUT2D eigenvalue weighted by atomic mass is 10.3. The summed E-state index contributed by atoms with van der Waals surface area (Å²) < 4.78 is 17.1. The van der Waals surface area contributed by atoms with Gasteiger partial charge in [-0.1, -0.05) is 0 Å². The third kappa shape index (κ3) is 3.99. The Hall–Kier alpha value is -2.96. The molecule has 26 heavy (non-hydrogen) atoms. The van der Waals surface area contributed by atoms with E-state index in [1.165, 1.54) is 26.9 Å². The van der Waals surface area contributed by atoms with Crippen molar-refractivity contribution >= 4 is 11.3 Å². The Balaban J connectivity index is 1.72. The lowest BCUT2D eigenvalue weighted by Crippen LogP contribution is -2.26. The fourth-order valence-electron chi connectivity index (χ4n) is 2.23. The summed E-state index contributed by atoms with van der Waals surface area (Å²) >= 11 is 1.50. The van der Waals surface area contributed by atoms with Crippen molar-refractivity contribution in [3.05, 3.63) is 68.8 Å². The third-order valence-electron chi connectivity index (χ3n) is 3.68. The van der Waals surface area contributed by atoms with Crippen molar-refractivity contribution in [2.75, 3.05) is 6.54 Å². The Labute approximate surface area is 153 Å². The summed E-state index contributed by atoms with van der Waals surface area (Å²) in [7, 11) is 1.88. The second-order valence-electron chi connectivity index (χ2n) is 5.58. The van der Waals surface area contributed by atoms with Crippen LogP contribution in [0, 0.1) is 11.8 Å². The Morgan fingerprint density at radius 2 is 2.23 bits per heavy atom. The second-order valence-corrected chi connectivity index (χ2v) is 6.74. The molecule has 0 unspecified atom stereocenters. The zero-order chi connectivity index (χ0) is 18.5. The first-order valence-electron chi connectivity index (χ1n) is 7.78. The molecular weight excluding hydrogens is 355 g/mol. The number of aryl methyl sites for hydroxylation is 1. The number of hydrogen-bond donors (Lipinski definition) is 1. The number of imidazole rings is 1. The molecule has 7 nitrogen and oxygen atoms in total. The average Bonchev–Trinajstić information content (AvgIpc) is 3.34. The Kier molecular flexibility index (Phi) is 5.46. The molecule has 0 aliphatic carbocycles. The second kappa shape index (κ2) is 7.95. The lowest BCUT2D eigenvalue weighted by Gasteiger charge is -2.01. The molecule has 0 saturated carbocycles. The number of thiophene rings is 1. The molecule has 0 spiro atoms. The molecule has 0 fully saturated rings. The number of rotatable bonds is 5. The minimum Gasteiger partial charge on any atom is -0.327 e. The van der Waals surface area contributed by atoms with Crippen molar-refractivity contribution < 1.29 is 4.39 Å². The Morgan fingerprint density at radius 3 is 2.92 bits per heavy atom. The topological polar surface area (TPSA) is 83.7 Å². The van der Waals surface area contributed by atoms with Gasteiger partial charge in [-0.2, -0.15) is 5.10 Å². The van der Waals surface area contributed by atoms with Crippen molar-refractivity contribution in [1.82, 2.24) is 23.9 Å². The van der Waals surface area contributed by atoms with Crippen molar-refractivity contribution in [2.45, 2.75) is 13.1 Å². The molecule has 134 valence electrons. The molecule has 3 heterocycles. The van der Waals surface area contributed by atoms with E-state index in [9.17, 15) is 9.18 Å². The van der Waals surface area contributed by atoms with E-state index in [1.54, 1.807) is 12.5 Å². The normalized spacial score (nSPS) is 11.4. The van der Waals surface area contributed by atoms with Gasteiger partial charge in [-0.25, -0.2) is 18.9 Å². The highest BCUT2D eigenvalue weighted by Gasteiger charge is 2.08. The highest BCUT2D eigenvalue weighted by Crippen LogP contribution is 2.16.